The van der Waals surface area contributed by atoms with E-state index in [4.69, 9.17) is 5.73 Å². The molecule has 1 heterocycles. The lowest BCUT2D eigenvalue weighted by Gasteiger charge is -2.15. The number of para-hydroxylation sites is 1. The van der Waals surface area contributed by atoms with E-state index in [0.29, 0.717) is 11.4 Å². The Bertz CT molecular complexity index is 518. The van der Waals surface area contributed by atoms with Gasteiger partial charge < -0.3 is 11.1 Å². The van der Waals surface area contributed by atoms with Gasteiger partial charge in [-0.25, -0.2) is 0 Å². The van der Waals surface area contributed by atoms with E-state index in [-0.39, 0.29) is 31.2 Å². The minimum atomic E-state index is -0.426. The number of carbonyl (C=O) groups is 3. The molecule has 3 N–H and O–H groups in total. The van der Waals surface area contributed by atoms with Crippen LogP contribution < -0.4 is 11.1 Å². The van der Waals surface area contributed by atoms with Crippen molar-refractivity contribution < 1.29 is 14.4 Å². The summed E-state index contributed by atoms with van der Waals surface area (Å²) in [6.07, 6.45) is 0.358. The van der Waals surface area contributed by atoms with Gasteiger partial charge in [-0.3, -0.25) is 19.3 Å². The first kappa shape index (κ1) is 13.1. The number of hydrogen-bond acceptors (Lipinski definition) is 4. The van der Waals surface area contributed by atoms with E-state index >= 15 is 0 Å². The van der Waals surface area contributed by atoms with Gasteiger partial charge in [0.15, 0.2) is 0 Å². The molecule has 100 valence electrons. The Labute approximate surface area is 110 Å². The van der Waals surface area contributed by atoms with Gasteiger partial charge in [0.1, 0.15) is 6.54 Å². The molecule has 6 nitrogen and oxygen atoms in total. The third-order valence-electron chi connectivity index (χ3n) is 3.03. The van der Waals surface area contributed by atoms with Crippen molar-refractivity contribution in [3.63, 3.8) is 0 Å². The van der Waals surface area contributed by atoms with Gasteiger partial charge >= 0.3 is 0 Å². The first-order valence-corrected chi connectivity index (χ1v) is 5.97. The fourth-order valence-electron chi connectivity index (χ4n) is 1.98. The largest absolute Gasteiger partial charge is 0.397 e. The number of nitrogens with zero attached hydrogens (tertiary/aromatic N) is 1. The fourth-order valence-corrected chi connectivity index (χ4v) is 1.98. The zero-order chi connectivity index (χ0) is 14.0. The molecule has 3 amide bonds. The molecular formula is C13H15N3O3. The van der Waals surface area contributed by atoms with Gasteiger partial charge in [0.05, 0.1) is 11.4 Å². The van der Waals surface area contributed by atoms with Crippen LogP contribution in [0.5, 0.6) is 0 Å². The molecule has 1 aromatic carbocycles. The summed E-state index contributed by atoms with van der Waals surface area (Å²) in [6, 6.07) is 5.28. The van der Waals surface area contributed by atoms with Crippen molar-refractivity contribution in [2.45, 2.75) is 19.8 Å². The summed E-state index contributed by atoms with van der Waals surface area (Å²) in [5, 5.41) is 2.64. The number of nitrogens with one attached hydrogen (secondary N) is 1. The molecule has 0 spiro atoms. The summed E-state index contributed by atoms with van der Waals surface area (Å²) >= 11 is 0. The Balaban J connectivity index is 2.06. The van der Waals surface area contributed by atoms with Crippen molar-refractivity contribution in [3.8, 4) is 0 Å². The molecule has 6 heteroatoms. The summed E-state index contributed by atoms with van der Waals surface area (Å²) in [7, 11) is 0. The number of benzene rings is 1. The second-order valence-corrected chi connectivity index (χ2v) is 4.46. The monoisotopic (exact) mass is 261 g/mol. The summed E-state index contributed by atoms with van der Waals surface area (Å²) < 4.78 is 0. The van der Waals surface area contributed by atoms with Gasteiger partial charge in [-0.05, 0) is 18.6 Å². The van der Waals surface area contributed by atoms with Crippen LogP contribution in [0.15, 0.2) is 18.2 Å². The first-order valence-electron chi connectivity index (χ1n) is 5.97. The number of likely N-dealkylation sites (tertiary alicyclic amines) is 1. The number of nitrogen functional groups attached to an aromatic ring is 1. The number of amides is 3. The molecule has 19 heavy (non-hydrogen) atoms. The quantitative estimate of drug-likeness (QED) is 0.617. The lowest BCUT2D eigenvalue weighted by atomic mass is 10.1. The van der Waals surface area contributed by atoms with E-state index in [1.165, 1.54) is 0 Å². The summed E-state index contributed by atoms with van der Waals surface area (Å²) in [4.78, 5) is 35.6. The maximum absolute atomic E-state index is 11.9. The van der Waals surface area contributed by atoms with Crippen LogP contribution in [0.3, 0.4) is 0 Å². The molecule has 0 aliphatic carbocycles. The zero-order valence-corrected chi connectivity index (χ0v) is 10.6. The molecule has 0 saturated carbocycles. The highest BCUT2D eigenvalue weighted by molar-refractivity contribution is 6.06. The van der Waals surface area contributed by atoms with Crippen molar-refractivity contribution in [1.29, 1.82) is 0 Å². The molecule has 0 radical (unpaired) electrons. The van der Waals surface area contributed by atoms with Gasteiger partial charge in [-0.1, -0.05) is 12.1 Å². The van der Waals surface area contributed by atoms with Gasteiger partial charge in [0.2, 0.25) is 17.7 Å². The summed E-state index contributed by atoms with van der Waals surface area (Å²) in [5.74, 6) is -1.04. The molecular weight excluding hydrogens is 246 g/mol. The molecule has 1 fully saturated rings. The Kier molecular flexibility index (Phi) is 3.50. The van der Waals surface area contributed by atoms with Crippen LogP contribution in [-0.4, -0.2) is 29.2 Å². The van der Waals surface area contributed by atoms with E-state index in [9.17, 15) is 14.4 Å². The number of aryl methyl sites for hydroxylation is 1. The van der Waals surface area contributed by atoms with E-state index in [1.54, 1.807) is 12.1 Å². The van der Waals surface area contributed by atoms with Crippen LogP contribution in [0.2, 0.25) is 0 Å². The van der Waals surface area contributed by atoms with Crippen LogP contribution in [0.1, 0.15) is 18.4 Å². The molecule has 0 aromatic heterocycles. The van der Waals surface area contributed by atoms with Crippen molar-refractivity contribution in [2.24, 2.45) is 0 Å². The van der Waals surface area contributed by atoms with Crippen molar-refractivity contribution in [2.75, 3.05) is 17.6 Å². The smallest absolute Gasteiger partial charge is 0.244 e. The Morgan fingerprint density at radius 3 is 2.53 bits per heavy atom. The number of carbonyl (C=O) groups excluding carboxylic acids is 3. The molecule has 1 aromatic rings. The highest BCUT2D eigenvalue weighted by Crippen LogP contribution is 2.22. The predicted molar refractivity (Wildman–Crippen MR) is 70.2 cm³/mol. The third-order valence-corrected chi connectivity index (χ3v) is 3.03. The fraction of sp³-hybridized carbons (Fsp3) is 0.308. The Morgan fingerprint density at radius 2 is 1.95 bits per heavy atom. The van der Waals surface area contributed by atoms with Crippen molar-refractivity contribution in [1.82, 2.24) is 4.90 Å². The number of imide groups is 1. The maximum Gasteiger partial charge on any atom is 0.244 e. The van der Waals surface area contributed by atoms with Crippen LogP contribution in [0.25, 0.3) is 0 Å². The highest BCUT2D eigenvalue weighted by atomic mass is 16.2. The molecule has 1 aliphatic heterocycles. The highest BCUT2D eigenvalue weighted by Gasteiger charge is 2.30. The minimum Gasteiger partial charge on any atom is -0.397 e. The SMILES string of the molecule is Cc1cccc(N)c1NC(=O)CN1C(=O)CCC1=O. The van der Waals surface area contributed by atoms with Crippen LogP contribution >= 0.6 is 0 Å². The van der Waals surface area contributed by atoms with Gasteiger partial charge in [-0.15, -0.1) is 0 Å². The van der Waals surface area contributed by atoms with E-state index in [0.717, 1.165) is 10.5 Å². The van der Waals surface area contributed by atoms with Crippen molar-refractivity contribution in [3.05, 3.63) is 23.8 Å². The summed E-state index contributed by atoms with van der Waals surface area (Å²) in [5.41, 5.74) is 7.57. The lowest BCUT2D eigenvalue weighted by molar-refractivity contribution is -0.141. The number of hydrogen-bond donors (Lipinski definition) is 2. The van der Waals surface area contributed by atoms with Gasteiger partial charge in [0, 0.05) is 12.8 Å². The second-order valence-electron chi connectivity index (χ2n) is 4.46. The minimum absolute atomic E-state index is 0.179. The van der Waals surface area contributed by atoms with Gasteiger partial charge in [-0.2, -0.15) is 0 Å². The molecule has 2 rings (SSSR count). The summed E-state index contributed by atoms with van der Waals surface area (Å²) in [6.45, 7) is 1.56. The molecule has 1 saturated heterocycles. The normalized spacial score (nSPS) is 14.9. The van der Waals surface area contributed by atoms with Gasteiger partial charge in [0.25, 0.3) is 0 Å². The lowest BCUT2D eigenvalue weighted by Crippen LogP contribution is -2.37. The predicted octanol–water partition coefficient (Wildman–Crippen LogP) is 0.665. The van der Waals surface area contributed by atoms with E-state index in [2.05, 4.69) is 5.32 Å². The van der Waals surface area contributed by atoms with E-state index < -0.39 is 5.91 Å². The molecule has 0 bridgehead atoms. The average Bonchev–Trinajstić information content (AvgIpc) is 2.66. The Morgan fingerprint density at radius 1 is 1.32 bits per heavy atom. The molecule has 0 unspecified atom stereocenters. The topological polar surface area (TPSA) is 92.5 Å². The molecule has 0 atom stereocenters. The molecule has 1 aliphatic rings. The van der Waals surface area contributed by atoms with E-state index in [1.807, 2.05) is 13.0 Å². The number of rotatable bonds is 3. The van der Waals surface area contributed by atoms with Crippen LogP contribution in [0, 0.1) is 6.92 Å². The number of nitrogens with two attached hydrogens (primary N) is 1. The van der Waals surface area contributed by atoms with Crippen molar-refractivity contribution >= 4 is 29.1 Å². The zero-order valence-electron chi connectivity index (χ0n) is 10.6. The average molecular weight is 261 g/mol. The third kappa shape index (κ3) is 2.73. The Hall–Kier alpha value is -2.37. The van der Waals surface area contributed by atoms with Crippen LogP contribution in [0.4, 0.5) is 11.4 Å². The number of anilines is 2. The standard InChI is InChI=1S/C13H15N3O3/c1-8-3-2-4-9(14)13(8)15-10(17)7-16-11(18)5-6-12(16)19/h2-4H,5-7,14H2,1H3,(H,15,17). The second kappa shape index (κ2) is 5.09. The maximum atomic E-state index is 11.9. The van der Waals surface area contributed by atoms with Crippen LogP contribution in [-0.2, 0) is 14.4 Å². The first-order chi connectivity index (χ1) is 8.99.